The third kappa shape index (κ3) is 10.5. The van der Waals surface area contributed by atoms with Crippen molar-refractivity contribution in [3.63, 3.8) is 0 Å². The number of hydrogen-bond acceptors (Lipinski definition) is 12. The van der Waals surface area contributed by atoms with Crippen molar-refractivity contribution in [1.29, 1.82) is 0 Å². The first-order valence-corrected chi connectivity index (χ1v) is 23.8. The molecule has 1 unspecified atom stereocenters. The van der Waals surface area contributed by atoms with E-state index in [1.54, 1.807) is 29.3 Å². The molecule has 5 aromatic rings. The number of amides is 1. The van der Waals surface area contributed by atoms with Crippen molar-refractivity contribution in [2.75, 3.05) is 61.9 Å². The van der Waals surface area contributed by atoms with Gasteiger partial charge in [-0.3, -0.25) is 24.7 Å². The molecule has 0 radical (unpaired) electrons. The van der Waals surface area contributed by atoms with Crippen LogP contribution in [0.2, 0.25) is 5.02 Å². The van der Waals surface area contributed by atoms with E-state index in [-0.39, 0.29) is 34.3 Å². The lowest BCUT2D eigenvalue weighted by Crippen LogP contribution is -2.47. The molecule has 0 saturated carbocycles. The molecule has 2 fully saturated rings. The standard InChI is InChI=1S/C44H49ClN8O8S2/c1-44(2)14-11-31(38(24-44)29-3-5-32(45)6-4-29)26-50-17-19-52(20-18-50)34-7-9-37(41(22-34)61-35-21-30-12-15-46-42(30)47-25-35)43(54)49-63(59,60)36-8-10-39(40(23-36)53(55)56)48-33-13-16-51(27-33)28-62(57)58/h3-10,12,15,21-23,25,33,48H,11,13-14,16-20,24,26-28H2,1-2H3,(H,46,47)(H,49,54)(H,57,58)/t33-/m1/s1. The Bertz CT molecular complexity index is 2700. The fraction of sp³-hybridized carbons (Fsp3) is 0.364. The number of nitro groups is 1. The minimum atomic E-state index is -4.62. The van der Waals surface area contributed by atoms with Crippen LogP contribution in [0.3, 0.4) is 0 Å². The van der Waals surface area contributed by atoms with Gasteiger partial charge in [-0.2, -0.15) is 0 Å². The number of H-pyrrole nitrogens is 1. The summed E-state index contributed by atoms with van der Waals surface area (Å²) in [6, 6.07) is 19.8. The predicted octanol–water partition coefficient (Wildman–Crippen LogP) is 7.49. The summed E-state index contributed by atoms with van der Waals surface area (Å²) in [5.74, 6) is -0.610. The Kier molecular flexibility index (Phi) is 12.9. The molecule has 4 N–H and O–H groups in total. The molecule has 0 spiro atoms. The number of likely N-dealkylation sites (tertiary alicyclic amines) is 1. The summed E-state index contributed by atoms with van der Waals surface area (Å²) >= 11 is 4.22. The number of aromatic amines is 1. The maximum atomic E-state index is 13.9. The van der Waals surface area contributed by atoms with Gasteiger partial charge in [0.25, 0.3) is 21.6 Å². The zero-order valence-corrected chi connectivity index (χ0v) is 37.3. The van der Waals surface area contributed by atoms with Gasteiger partial charge in [0.05, 0.1) is 21.6 Å². The molecule has 8 rings (SSSR count). The normalized spacial score (nSPS) is 19.0. The molecular weight excluding hydrogens is 868 g/mol. The Balaban J connectivity index is 1.00. The first-order valence-electron chi connectivity index (χ1n) is 20.7. The number of carbonyl (C=O) groups excluding carboxylic acids is 1. The molecule has 2 atom stereocenters. The molecule has 16 nitrogen and oxygen atoms in total. The molecule has 2 aliphatic heterocycles. The molecule has 63 heavy (non-hydrogen) atoms. The van der Waals surface area contributed by atoms with Gasteiger partial charge in [-0.15, -0.1) is 0 Å². The molecule has 1 aliphatic carbocycles. The number of piperazine rings is 1. The highest BCUT2D eigenvalue weighted by Gasteiger charge is 2.31. The summed E-state index contributed by atoms with van der Waals surface area (Å²) in [5, 5.41) is 16.7. The van der Waals surface area contributed by atoms with Crippen LogP contribution in [0.5, 0.6) is 11.5 Å². The molecule has 332 valence electrons. The number of nitrogens with one attached hydrogen (secondary N) is 3. The van der Waals surface area contributed by atoms with E-state index in [9.17, 15) is 32.1 Å². The van der Waals surface area contributed by atoms with Crippen LogP contribution in [-0.2, 0) is 21.1 Å². The SMILES string of the molecule is CC1(C)CCC(CN2CCN(c3ccc(C(=O)NS(=O)(=O)c4ccc(N[C@@H]5CCN(CS(=O)O)C5)c([N+](=O)[O-])c4)c(Oc4cnc5[nH]ccc5c4)c3)CC2)=C(c2ccc(Cl)cc2)C1. The fourth-order valence-corrected chi connectivity index (χ4v) is 10.3. The van der Waals surface area contributed by atoms with Gasteiger partial charge in [0.15, 0.2) is 11.1 Å². The molecule has 3 aliphatic rings. The van der Waals surface area contributed by atoms with E-state index in [0.29, 0.717) is 44.0 Å². The highest BCUT2D eigenvalue weighted by atomic mass is 35.5. The Morgan fingerprint density at radius 1 is 1.05 bits per heavy atom. The number of sulfonamides is 1. The quantitative estimate of drug-likeness (QED) is 0.0485. The number of pyridine rings is 1. The van der Waals surface area contributed by atoms with Crippen molar-refractivity contribution in [3.8, 4) is 11.5 Å². The number of fused-ring (bicyclic) bond motifs is 1. The first kappa shape index (κ1) is 44.2. The average molecular weight is 918 g/mol. The maximum absolute atomic E-state index is 13.9. The largest absolute Gasteiger partial charge is 0.455 e. The number of anilines is 2. The second-order valence-corrected chi connectivity index (χ2v) is 20.1. The van der Waals surface area contributed by atoms with Gasteiger partial charge in [0.2, 0.25) is 0 Å². The molecule has 2 saturated heterocycles. The highest BCUT2D eigenvalue weighted by Crippen LogP contribution is 2.43. The van der Waals surface area contributed by atoms with Crippen LogP contribution in [0.25, 0.3) is 16.6 Å². The topological polar surface area (TPSA) is 203 Å². The second-order valence-electron chi connectivity index (χ2n) is 17.1. The van der Waals surface area contributed by atoms with Gasteiger partial charge >= 0.3 is 0 Å². The summed E-state index contributed by atoms with van der Waals surface area (Å²) in [6.45, 7) is 9.42. The number of nitrogens with zero attached hydrogens (tertiary/aromatic N) is 5. The smallest absolute Gasteiger partial charge is 0.293 e. The lowest BCUT2D eigenvalue weighted by atomic mass is 9.72. The fourth-order valence-electron chi connectivity index (χ4n) is 8.61. The number of halogens is 1. The van der Waals surface area contributed by atoms with Crippen molar-refractivity contribution in [1.82, 2.24) is 24.5 Å². The first-order chi connectivity index (χ1) is 30.1. The number of rotatable bonds is 14. The number of nitro benzene ring substituents is 1. The Morgan fingerprint density at radius 2 is 1.83 bits per heavy atom. The van der Waals surface area contributed by atoms with E-state index < -0.39 is 42.5 Å². The molecule has 4 heterocycles. The van der Waals surface area contributed by atoms with Gasteiger partial charge in [-0.25, -0.2) is 22.3 Å². The van der Waals surface area contributed by atoms with E-state index in [1.165, 1.54) is 41.1 Å². The minimum Gasteiger partial charge on any atom is -0.455 e. The predicted molar refractivity (Wildman–Crippen MR) is 244 cm³/mol. The van der Waals surface area contributed by atoms with Gasteiger partial charge in [-0.05, 0) is 90.8 Å². The monoisotopic (exact) mass is 916 g/mol. The summed E-state index contributed by atoms with van der Waals surface area (Å²) in [7, 11) is -4.62. The van der Waals surface area contributed by atoms with Crippen LogP contribution >= 0.6 is 11.6 Å². The maximum Gasteiger partial charge on any atom is 0.293 e. The van der Waals surface area contributed by atoms with E-state index in [4.69, 9.17) is 16.3 Å². The zero-order chi connectivity index (χ0) is 44.5. The van der Waals surface area contributed by atoms with Crippen molar-refractivity contribution in [2.45, 2.75) is 50.5 Å². The lowest BCUT2D eigenvalue weighted by molar-refractivity contribution is -0.384. The Hall–Kier alpha value is -5.37. The van der Waals surface area contributed by atoms with Crippen LogP contribution in [0.4, 0.5) is 17.1 Å². The highest BCUT2D eigenvalue weighted by molar-refractivity contribution is 7.90. The summed E-state index contributed by atoms with van der Waals surface area (Å²) < 4.78 is 56.3. The van der Waals surface area contributed by atoms with Crippen LogP contribution in [0.15, 0.2) is 95.7 Å². The van der Waals surface area contributed by atoms with Crippen molar-refractivity contribution in [3.05, 3.63) is 117 Å². The van der Waals surface area contributed by atoms with Crippen LogP contribution in [0.1, 0.15) is 55.5 Å². The number of aromatic nitrogens is 2. The summed E-state index contributed by atoms with van der Waals surface area (Å²) in [4.78, 5) is 38.8. The third-order valence-electron chi connectivity index (χ3n) is 12.0. The molecule has 0 bridgehead atoms. The second kappa shape index (κ2) is 18.4. The zero-order valence-electron chi connectivity index (χ0n) is 34.9. The van der Waals surface area contributed by atoms with Crippen molar-refractivity contribution in [2.24, 2.45) is 5.41 Å². The molecule has 1 amide bonds. The van der Waals surface area contributed by atoms with Crippen LogP contribution in [-0.4, -0.2) is 106 Å². The molecule has 19 heteroatoms. The van der Waals surface area contributed by atoms with E-state index in [1.807, 2.05) is 18.2 Å². The minimum absolute atomic E-state index is 0.0477. The average Bonchev–Trinajstić information content (AvgIpc) is 3.90. The number of ether oxygens (including phenoxy) is 1. The van der Waals surface area contributed by atoms with Crippen molar-refractivity contribution >= 4 is 72.3 Å². The van der Waals surface area contributed by atoms with Gasteiger partial charge in [0.1, 0.15) is 28.7 Å². The van der Waals surface area contributed by atoms with Crippen LogP contribution < -0.4 is 19.7 Å². The van der Waals surface area contributed by atoms with Crippen molar-refractivity contribution < 1.29 is 31.6 Å². The molecule has 3 aromatic carbocycles. The lowest BCUT2D eigenvalue weighted by Gasteiger charge is -2.39. The van der Waals surface area contributed by atoms with E-state index in [0.717, 1.165) is 61.1 Å². The van der Waals surface area contributed by atoms with Gasteiger partial charge in [0, 0.05) is 86.3 Å². The number of hydrogen-bond donors (Lipinski definition) is 4. The number of benzene rings is 3. The third-order valence-corrected chi connectivity index (χ3v) is 14.1. The van der Waals surface area contributed by atoms with E-state index in [2.05, 4.69) is 55.8 Å². The van der Waals surface area contributed by atoms with Crippen LogP contribution in [0, 0.1) is 15.5 Å². The van der Waals surface area contributed by atoms with Gasteiger partial charge < -0.3 is 24.5 Å². The summed E-state index contributed by atoms with van der Waals surface area (Å²) in [6.07, 6.45) is 6.97. The Morgan fingerprint density at radius 3 is 2.57 bits per heavy atom. The molecule has 2 aromatic heterocycles. The van der Waals surface area contributed by atoms with Gasteiger partial charge in [-0.1, -0.05) is 43.2 Å². The van der Waals surface area contributed by atoms with E-state index >= 15 is 0 Å². The Labute approximate surface area is 373 Å². The summed E-state index contributed by atoms with van der Waals surface area (Å²) in [5.41, 5.74) is 5.23. The molecular formula is C44H49ClN8O8S2. The number of allylic oxidation sites excluding steroid dienone is 1. The number of carbonyl (C=O) groups is 1.